The Morgan fingerprint density at radius 1 is 1.03 bits per heavy atom. The van der Waals surface area contributed by atoms with Gasteiger partial charge in [-0.05, 0) is 43.2 Å². The molecule has 0 N–H and O–H groups in total. The van der Waals surface area contributed by atoms with E-state index in [9.17, 15) is 18.4 Å². The second-order valence-electron chi connectivity index (χ2n) is 8.51. The number of ether oxygens (including phenoxy) is 2. The van der Waals surface area contributed by atoms with Crippen molar-refractivity contribution in [2.75, 3.05) is 7.11 Å². The van der Waals surface area contributed by atoms with Crippen molar-refractivity contribution in [3.05, 3.63) is 69.5 Å². The second-order valence-corrected chi connectivity index (χ2v) is 8.51. The van der Waals surface area contributed by atoms with E-state index in [0.29, 0.717) is 34.5 Å². The Labute approximate surface area is 193 Å². The largest absolute Gasteiger partial charge is 0.494 e. The van der Waals surface area contributed by atoms with Gasteiger partial charge in [-0.15, -0.1) is 0 Å². The highest BCUT2D eigenvalue weighted by atomic mass is 19.3. The van der Waals surface area contributed by atoms with Gasteiger partial charge in [0.15, 0.2) is 0 Å². The van der Waals surface area contributed by atoms with Crippen LogP contribution in [0, 0.1) is 0 Å². The number of para-hydroxylation sites is 1. The van der Waals surface area contributed by atoms with E-state index in [2.05, 4.69) is 9.72 Å². The lowest BCUT2D eigenvalue weighted by atomic mass is 10.1. The van der Waals surface area contributed by atoms with Crippen LogP contribution in [-0.2, 0) is 0 Å². The number of hydrogen-bond acceptors (Lipinski definition) is 5. The molecule has 176 valence electrons. The number of pyridine rings is 1. The van der Waals surface area contributed by atoms with E-state index in [1.165, 1.54) is 30.5 Å². The van der Waals surface area contributed by atoms with Crippen LogP contribution < -0.4 is 20.7 Å². The van der Waals surface area contributed by atoms with E-state index in [1.54, 1.807) is 23.8 Å². The third-order valence-corrected chi connectivity index (χ3v) is 6.21. The molecule has 1 aliphatic rings. The minimum Gasteiger partial charge on any atom is -0.494 e. The first-order valence-electron chi connectivity index (χ1n) is 11.1. The molecule has 0 spiro atoms. The summed E-state index contributed by atoms with van der Waals surface area (Å²) in [5.41, 5.74) is 0.367. The summed E-state index contributed by atoms with van der Waals surface area (Å²) in [6.45, 7) is 0.640. The van der Waals surface area contributed by atoms with Gasteiger partial charge in [-0.1, -0.05) is 25.0 Å². The van der Waals surface area contributed by atoms with Crippen molar-refractivity contribution >= 4 is 21.8 Å². The minimum absolute atomic E-state index is 0.0686. The van der Waals surface area contributed by atoms with Crippen molar-refractivity contribution in [2.24, 2.45) is 0 Å². The van der Waals surface area contributed by atoms with Crippen molar-refractivity contribution in [3.8, 4) is 17.2 Å². The maximum Gasteiger partial charge on any atom is 0.394 e. The zero-order valence-electron chi connectivity index (χ0n) is 18.8. The standard InChI is InChI=1S/C25H23F2N3O4/c1-25(26,27)34-17-12-10-16(11-13-17)30-23(31)19-14-28-21-18(8-5-9-20(21)33-2)22(19)29(24(30)32)15-6-3-4-7-15/h5,8-15H,3-4,6-7H2,1-2H3. The third kappa shape index (κ3) is 3.70. The predicted octanol–water partition coefficient (Wildman–Crippen LogP) is 4.82. The van der Waals surface area contributed by atoms with E-state index in [4.69, 9.17) is 4.74 Å². The number of rotatable bonds is 5. The summed E-state index contributed by atoms with van der Waals surface area (Å²) in [6, 6.07) is 10.8. The molecule has 1 aliphatic carbocycles. The third-order valence-electron chi connectivity index (χ3n) is 6.21. The van der Waals surface area contributed by atoms with Gasteiger partial charge in [0.25, 0.3) is 5.56 Å². The number of nitrogens with zero attached hydrogens (tertiary/aromatic N) is 3. The lowest BCUT2D eigenvalue weighted by molar-refractivity contribution is -0.158. The molecule has 9 heteroatoms. The van der Waals surface area contributed by atoms with Gasteiger partial charge >= 0.3 is 11.8 Å². The van der Waals surface area contributed by atoms with Gasteiger partial charge < -0.3 is 9.47 Å². The molecular weight excluding hydrogens is 444 g/mol. The normalized spacial score (nSPS) is 14.7. The van der Waals surface area contributed by atoms with Crippen LogP contribution >= 0.6 is 0 Å². The highest BCUT2D eigenvalue weighted by molar-refractivity contribution is 6.05. The van der Waals surface area contributed by atoms with Crippen molar-refractivity contribution in [1.29, 1.82) is 0 Å². The van der Waals surface area contributed by atoms with Crippen molar-refractivity contribution in [3.63, 3.8) is 0 Å². The number of aromatic nitrogens is 3. The molecule has 2 aromatic heterocycles. The first-order valence-corrected chi connectivity index (χ1v) is 11.1. The molecule has 0 aliphatic heterocycles. The molecule has 1 fully saturated rings. The Bertz CT molecular complexity index is 1500. The van der Waals surface area contributed by atoms with Gasteiger partial charge in [0, 0.05) is 24.5 Å². The molecule has 7 nitrogen and oxygen atoms in total. The molecule has 4 aromatic rings. The fraction of sp³-hybridized carbons (Fsp3) is 0.320. The lowest BCUT2D eigenvalue weighted by Gasteiger charge is -2.20. The van der Waals surface area contributed by atoms with Crippen LogP contribution in [0.15, 0.2) is 58.3 Å². The predicted molar refractivity (Wildman–Crippen MR) is 124 cm³/mol. The quantitative estimate of drug-likeness (QED) is 0.394. The monoisotopic (exact) mass is 467 g/mol. The molecule has 5 rings (SSSR count). The van der Waals surface area contributed by atoms with Gasteiger partial charge in [-0.3, -0.25) is 14.3 Å². The van der Waals surface area contributed by atoms with Crippen LogP contribution in [0.3, 0.4) is 0 Å². The summed E-state index contributed by atoms with van der Waals surface area (Å²) < 4.78 is 39.2. The second kappa shape index (κ2) is 8.23. The van der Waals surface area contributed by atoms with Crippen LogP contribution in [0.25, 0.3) is 27.5 Å². The summed E-state index contributed by atoms with van der Waals surface area (Å²) in [5, 5.41) is 0.965. The van der Waals surface area contributed by atoms with Crippen LogP contribution in [0.1, 0.15) is 38.6 Å². The van der Waals surface area contributed by atoms with Crippen molar-refractivity contribution < 1.29 is 18.3 Å². The smallest absolute Gasteiger partial charge is 0.394 e. The fourth-order valence-electron chi connectivity index (χ4n) is 4.77. The number of methoxy groups -OCH3 is 1. The number of alkyl halides is 2. The number of halogens is 2. The van der Waals surface area contributed by atoms with E-state index < -0.39 is 17.4 Å². The fourth-order valence-corrected chi connectivity index (χ4v) is 4.77. The maximum absolute atomic E-state index is 13.8. The summed E-state index contributed by atoms with van der Waals surface area (Å²) in [7, 11) is 1.55. The molecule has 2 aromatic carbocycles. The molecule has 0 unspecified atom stereocenters. The van der Waals surface area contributed by atoms with Crippen LogP contribution in [0.2, 0.25) is 0 Å². The average Bonchev–Trinajstić information content (AvgIpc) is 3.33. The number of hydrogen-bond donors (Lipinski definition) is 0. The molecular formula is C25H23F2N3O4. The lowest BCUT2D eigenvalue weighted by Crippen LogP contribution is -2.40. The van der Waals surface area contributed by atoms with Gasteiger partial charge in [-0.25, -0.2) is 9.36 Å². The van der Waals surface area contributed by atoms with Crippen molar-refractivity contribution in [2.45, 2.75) is 44.8 Å². The van der Waals surface area contributed by atoms with Crippen LogP contribution in [0.4, 0.5) is 8.78 Å². The van der Waals surface area contributed by atoms with Gasteiger partial charge in [0.2, 0.25) is 0 Å². The van der Waals surface area contributed by atoms with Gasteiger partial charge in [-0.2, -0.15) is 8.78 Å². The average molecular weight is 467 g/mol. The van der Waals surface area contributed by atoms with Crippen LogP contribution in [0.5, 0.6) is 11.5 Å². The Hall–Kier alpha value is -3.75. The SMILES string of the molecule is COc1cccc2c1ncc1c(=O)n(-c3ccc(OC(C)(F)F)cc3)c(=O)n(C3CCCC3)c12. The molecule has 0 bridgehead atoms. The zero-order chi connectivity index (χ0) is 24.0. The molecule has 0 radical (unpaired) electrons. The summed E-state index contributed by atoms with van der Waals surface area (Å²) in [5.74, 6) is 0.485. The Balaban J connectivity index is 1.80. The van der Waals surface area contributed by atoms with E-state index in [-0.39, 0.29) is 17.5 Å². The van der Waals surface area contributed by atoms with E-state index in [0.717, 1.165) is 30.3 Å². The minimum atomic E-state index is -3.34. The zero-order valence-corrected chi connectivity index (χ0v) is 18.8. The molecule has 2 heterocycles. The Morgan fingerprint density at radius 3 is 2.38 bits per heavy atom. The molecule has 1 saturated carbocycles. The summed E-state index contributed by atoms with van der Waals surface area (Å²) >= 11 is 0. The maximum atomic E-state index is 13.8. The van der Waals surface area contributed by atoms with Gasteiger partial charge in [0.1, 0.15) is 17.0 Å². The highest BCUT2D eigenvalue weighted by Crippen LogP contribution is 2.34. The molecule has 34 heavy (non-hydrogen) atoms. The van der Waals surface area contributed by atoms with E-state index >= 15 is 0 Å². The first-order chi connectivity index (χ1) is 16.3. The van der Waals surface area contributed by atoms with Crippen molar-refractivity contribution in [1.82, 2.24) is 14.1 Å². The number of benzene rings is 2. The number of fused-ring (bicyclic) bond motifs is 3. The van der Waals surface area contributed by atoms with Gasteiger partial charge in [0.05, 0.1) is 23.7 Å². The Morgan fingerprint density at radius 2 is 1.74 bits per heavy atom. The first kappa shape index (κ1) is 22.1. The van der Waals surface area contributed by atoms with Crippen LogP contribution in [-0.4, -0.2) is 27.3 Å². The topological polar surface area (TPSA) is 75.3 Å². The molecule has 0 amide bonds. The molecule has 0 saturated heterocycles. The molecule has 0 atom stereocenters. The van der Waals surface area contributed by atoms with E-state index in [1.807, 2.05) is 6.07 Å². The summed E-state index contributed by atoms with van der Waals surface area (Å²) in [6.07, 6.45) is 1.74. The highest BCUT2D eigenvalue weighted by Gasteiger charge is 2.26. The Kier molecular flexibility index (Phi) is 5.34. The summed E-state index contributed by atoms with van der Waals surface area (Å²) in [4.78, 5) is 31.9.